The number of carbonyl (C=O) groups excluding carboxylic acids is 4. The molecule has 0 saturated heterocycles. The number of fused-ring (bicyclic) bond motifs is 2. The minimum absolute atomic E-state index is 0.0483. The predicted molar refractivity (Wildman–Crippen MR) is 167 cm³/mol. The first kappa shape index (κ1) is 29.8. The van der Waals surface area contributed by atoms with Gasteiger partial charge >= 0.3 is 0 Å². The lowest BCUT2D eigenvalue weighted by atomic mass is 10.0. The lowest BCUT2D eigenvalue weighted by molar-refractivity contribution is -0.129. The number of Topliss-reactive ketones (excluding diaryl/α,β-unsaturated/α-hetero) is 1. The van der Waals surface area contributed by atoms with Gasteiger partial charge in [0.15, 0.2) is 0 Å². The van der Waals surface area contributed by atoms with Gasteiger partial charge in [0.2, 0.25) is 11.8 Å². The third kappa shape index (κ3) is 7.38. The van der Waals surface area contributed by atoms with Crippen molar-refractivity contribution < 1.29 is 19.2 Å². The van der Waals surface area contributed by atoms with Crippen molar-refractivity contribution in [3.8, 4) is 11.3 Å². The number of H-pyrrole nitrogens is 1. The number of hydrogen-bond acceptors (Lipinski definition) is 4. The number of aromatic amines is 1. The summed E-state index contributed by atoms with van der Waals surface area (Å²) in [6.07, 6.45) is 3.89. The molecule has 222 valence electrons. The smallest absolute Gasteiger partial charge is 0.252 e. The van der Waals surface area contributed by atoms with Crippen LogP contribution in [-0.4, -0.2) is 41.1 Å². The average Bonchev–Trinajstić information content (AvgIpc) is 3.54. The molecular formula is C35H38N4O4. The van der Waals surface area contributed by atoms with E-state index in [0.29, 0.717) is 37.8 Å². The fourth-order valence-electron chi connectivity index (χ4n) is 5.83. The highest BCUT2D eigenvalue weighted by atomic mass is 16.2. The molecule has 0 bridgehead atoms. The Kier molecular flexibility index (Phi) is 9.66. The molecule has 0 fully saturated rings. The molecule has 0 aliphatic carbocycles. The van der Waals surface area contributed by atoms with Gasteiger partial charge < -0.3 is 25.7 Å². The number of amides is 3. The van der Waals surface area contributed by atoms with Gasteiger partial charge in [-0.05, 0) is 55.0 Å². The van der Waals surface area contributed by atoms with E-state index in [-0.39, 0.29) is 29.9 Å². The zero-order valence-corrected chi connectivity index (χ0v) is 24.5. The van der Waals surface area contributed by atoms with Crippen molar-refractivity contribution in [3.63, 3.8) is 0 Å². The summed E-state index contributed by atoms with van der Waals surface area (Å²) in [5, 5.41) is 9.96. The quantitative estimate of drug-likeness (QED) is 0.150. The SMILES string of the molecule is CC(=O)CCCCC[C@H](NC(=O)CC1NC(=O)c2ccccc21)C(=O)NCCc1c(-c2ccccc2)[nH]c2ccccc12. The van der Waals surface area contributed by atoms with Crippen molar-refractivity contribution in [3.05, 3.63) is 95.6 Å². The van der Waals surface area contributed by atoms with E-state index in [4.69, 9.17) is 0 Å². The van der Waals surface area contributed by atoms with Gasteiger partial charge in [0, 0.05) is 35.1 Å². The molecule has 0 saturated carbocycles. The van der Waals surface area contributed by atoms with Gasteiger partial charge in [-0.25, -0.2) is 0 Å². The van der Waals surface area contributed by atoms with Crippen LogP contribution in [0.1, 0.15) is 73.0 Å². The van der Waals surface area contributed by atoms with E-state index in [1.165, 1.54) is 0 Å². The highest BCUT2D eigenvalue weighted by molar-refractivity contribution is 6.00. The summed E-state index contributed by atoms with van der Waals surface area (Å²) in [6, 6.07) is 24.4. The molecule has 3 aromatic carbocycles. The zero-order valence-electron chi connectivity index (χ0n) is 24.5. The molecule has 0 spiro atoms. The van der Waals surface area contributed by atoms with Crippen molar-refractivity contribution in [2.45, 2.75) is 64.0 Å². The Morgan fingerprint density at radius 1 is 0.884 bits per heavy atom. The maximum atomic E-state index is 13.4. The summed E-state index contributed by atoms with van der Waals surface area (Å²) in [6.45, 7) is 1.98. The van der Waals surface area contributed by atoms with E-state index < -0.39 is 12.1 Å². The van der Waals surface area contributed by atoms with Crippen LogP contribution >= 0.6 is 0 Å². The minimum atomic E-state index is -0.714. The lowest BCUT2D eigenvalue weighted by Crippen LogP contribution is -2.47. The number of rotatable bonds is 14. The molecule has 1 aliphatic rings. The third-order valence-corrected chi connectivity index (χ3v) is 8.00. The van der Waals surface area contributed by atoms with Gasteiger partial charge in [-0.15, -0.1) is 0 Å². The number of aromatic nitrogens is 1. The van der Waals surface area contributed by atoms with Gasteiger partial charge in [0.25, 0.3) is 5.91 Å². The number of carbonyl (C=O) groups is 4. The Hall–Kier alpha value is -4.72. The van der Waals surface area contributed by atoms with Crippen molar-refractivity contribution >= 4 is 34.4 Å². The van der Waals surface area contributed by atoms with Crippen molar-refractivity contribution in [1.29, 1.82) is 0 Å². The Balaban J connectivity index is 1.24. The molecule has 1 aromatic heterocycles. The van der Waals surface area contributed by atoms with Crippen LogP contribution in [0, 0.1) is 0 Å². The number of hydrogen-bond donors (Lipinski definition) is 4. The first-order valence-electron chi connectivity index (χ1n) is 15.0. The van der Waals surface area contributed by atoms with E-state index in [2.05, 4.69) is 39.1 Å². The molecule has 0 radical (unpaired) electrons. The molecule has 1 unspecified atom stereocenters. The highest BCUT2D eigenvalue weighted by Crippen LogP contribution is 2.31. The van der Waals surface area contributed by atoms with Crippen LogP contribution in [0.15, 0.2) is 78.9 Å². The molecule has 8 heteroatoms. The molecule has 5 rings (SSSR count). The molecule has 4 N–H and O–H groups in total. The normalized spacial score (nSPS) is 14.6. The summed E-state index contributed by atoms with van der Waals surface area (Å²) >= 11 is 0. The van der Waals surface area contributed by atoms with E-state index in [1.54, 1.807) is 19.1 Å². The Morgan fingerprint density at radius 2 is 1.63 bits per heavy atom. The summed E-state index contributed by atoms with van der Waals surface area (Å²) in [7, 11) is 0. The van der Waals surface area contributed by atoms with Crippen LogP contribution in [0.25, 0.3) is 22.2 Å². The molecule has 3 amide bonds. The molecule has 4 aromatic rings. The third-order valence-electron chi connectivity index (χ3n) is 8.00. The van der Waals surface area contributed by atoms with Crippen LogP contribution in [0.2, 0.25) is 0 Å². The standard InChI is InChI=1S/C35H38N4O4/c1-23(40)12-4-2-7-19-30(37-32(41)22-31-26-16-8-9-17-28(26)34(42)39-31)35(43)36-21-20-27-25-15-10-11-18-29(25)38-33(27)24-13-5-3-6-14-24/h3,5-6,8-11,13-18,30-31,38H,2,4,7,12,19-22H2,1H3,(H,36,43)(H,37,41)(H,39,42)/t30-,31?/m0/s1. The second kappa shape index (κ2) is 14.0. The van der Waals surface area contributed by atoms with Gasteiger partial charge in [-0.3, -0.25) is 14.4 Å². The highest BCUT2D eigenvalue weighted by Gasteiger charge is 2.30. The predicted octanol–water partition coefficient (Wildman–Crippen LogP) is 5.39. The average molecular weight is 579 g/mol. The number of ketones is 1. The minimum Gasteiger partial charge on any atom is -0.354 e. The lowest BCUT2D eigenvalue weighted by Gasteiger charge is -2.20. The van der Waals surface area contributed by atoms with Crippen LogP contribution in [0.3, 0.4) is 0 Å². The largest absolute Gasteiger partial charge is 0.354 e. The molecular weight excluding hydrogens is 540 g/mol. The number of para-hydroxylation sites is 1. The molecule has 1 aliphatic heterocycles. The summed E-state index contributed by atoms with van der Waals surface area (Å²) in [5.74, 6) is -0.584. The van der Waals surface area contributed by atoms with Gasteiger partial charge in [-0.2, -0.15) is 0 Å². The van der Waals surface area contributed by atoms with Crippen molar-refractivity contribution in [2.24, 2.45) is 0 Å². The van der Waals surface area contributed by atoms with Crippen molar-refractivity contribution in [2.75, 3.05) is 6.54 Å². The molecule has 2 atom stereocenters. The second-order valence-electron chi connectivity index (χ2n) is 11.2. The number of benzene rings is 3. The molecule has 8 nitrogen and oxygen atoms in total. The summed E-state index contributed by atoms with van der Waals surface area (Å²) in [5.41, 5.74) is 5.65. The zero-order chi connectivity index (χ0) is 30.2. The molecule has 43 heavy (non-hydrogen) atoms. The monoisotopic (exact) mass is 578 g/mol. The summed E-state index contributed by atoms with van der Waals surface area (Å²) in [4.78, 5) is 53.7. The Bertz CT molecular complexity index is 1610. The first-order valence-corrected chi connectivity index (χ1v) is 15.0. The van der Waals surface area contributed by atoms with E-state index in [9.17, 15) is 19.2 Å². The van der Waals surface area contributed by atoms with Crippen molar-refractivity contribution in [1.82, 2.24) is 20.9 Å². The number of unbranched alkanes of at least 4 members (excludes halogenated alkanes) is 2. The van der Waals surface area contributed by atoms with Gasteiger partial charge in [-0.1, -0.05) is 79.6 Å². The Labute approximate surface area is 251 Å². The maximum absolute atomic E-state index is 13.4. The molecule has 2 heterocycles. The fraction of sp³-hybridized carbons (Fsp3) is 0.314. The Morgan fingerprint density at radius 3 is 2.44 bits per heavy atom. The first-order chi connectivity index (χ1) is 20.9. The topological polar surface area (TPSA) is 120 Å². The van der Waals surface area contributed by atoms with Gasteiger partial charge in [0.05, 0.1) is 12.5 Å². The maximum Gasteiger partial charge on any atom is 0.252 e. The van der Waals surface area contributed by atoms with Gasteiger partial charge in [0.1, 0.15) is 11.8 Å². The second-order valence-corrected chi connectivity index (χ2v) is 11.2. The van der Waals surface area contributed by atoms with E-state index in [0.717, 1.165) is 46.1 Å². The van der Waals surface area contributed by atoms with Crippen LogP contribution in [-0.2, 0) is 20.8 Å². The van der Waals surface area contributed by atoms with E-state index in [1.807, 2.05) is 48.5 Å². The fourth-order valence-corrected chi connectivity index (χ4v) is 5.83. The summed E-state index contributed by atoms with van der Waals surface area (Å²) < 4.78 is 0. The van der Waals surface area contributed by atoms with Crippen LogP contribution < -0.4 is 16.0 Å². The van der Waals surface area contributed by atoms with Crippen LogP contribution in [0.5, 0.6) is 0 Å². The van der Waals surface area contributed by atoms with E-state index >= 15 is 0 Å². The van der Waals surface area contributed by atoms with Crippen LogP contribution in [0.4, 0.5) is 0 Å². The number of nitrogens with one attached hydrogen (secondary N) is 4.